The number of hydrogen-bond acceptors (Lipinski definition) is 5. The number of nitrogens with zero attached hydrogens (tertiary/aromatic N) is 3. The maximum atomic E-state index is 12.5. The summed E-state index contributed by atoms with van der Waals surface area (Å²) in [6.07, 6.45) is 4.22. The standard InChI is InChI=1S/C20H23N3O4/c1-15(24)23(12-17-3-4-18-19(11-17)27-14-26-18)13-20(25)22(2)10-7-16-5-8-21-9-6-16/h3-6,8-9,11H,7,10,12-14H2,1-2H3. The minimum atomic E-state index is -0.149. The molecule has 0 bridgehead atoms. The summed E-state index contributed by atoms with van der Waals surface area (Å²) in [5.41, 5.74) is 2.01. The molecule has 1 aromatic heterocycles. The average Bonchev–Trinajstić information content (AvgIpc) is 3.14. The van der Waals surface area contributed by atoms with Crippen LogP contribution in [0.25, 0.3) is 0 Å². The van der Waals surface area contributed by atoms with Gasteiger partial charge in [0.25, 0.3) is 0 Å². The van der Waals surface area contributed by atoms with Crippen molar-refractivity contribution >= 4 is 11.8 Å². The summed E-state index contributed by atoms with van der Waals surface area (Å²) in [5.74, 6) is 1.11. The second kappa shape index (κ2) is 8.53. The zero-order chi connectivity index (χ0) is 19.2. The van der Waals surface area contributed by atoms with Crippen LogP contribution in [0, 0.1) is 0 Å². The summed E-state index contributed by atoms with van der Waals surface area (Å²) in [7, 11) is 1.75. The summed E-state index contributed by atoms with van der Waals surface area (Å²) in [6, 6.07) is 9.40. The maximum Gasteiger partial charge on any atom is 0.241 e. The van der Waals surface area contributed by atoms with E-state index in [1.165, 1.54) is 11.8 Å². The van der Waals surface area contributed by atoms with E-state index in [9.17, 15) is 9.59 Å². The lowest BCUT2D eigenvalue weighted by molar-refractivity contribution is -0.139. The molecule has 1 aliphatic rings. The minimum absolute atomic E-state index is 0.0383. The zero-order valence-electron chi connectivity index (χ0n) is 15.6. The lowest BCUT2D eigenvalue weighted by Crippen LogP contribution is -2.40. The van der Waals surface area contributed by atoms with Crippen molar-refractivity contribution in [3.8, 4) is 11.5 Å². The number of ether oxygens (including phenoxy) is 2. The van der Waals surface area contributed by atoms with Crippen LogP contribution in [0.1, 0.15) is 18.1 Å². The fourth-order valence-electron chi connectivity index (χ4n) is 2.79. The van der Waals surface area contributed by atoms with Gasteiger partial charge in [-0.05, 0) is 41.8 Å². The van der Waals surface area contributed by atoms with Crippen molar-refractivity contribution in [2.75, 3.05) is 26.9 Å². The number of hydrogen-bond donors (Lipinski definition) is 0. The normalized spacial score (nSPS) is 11.9. The van der Waals surface area contributed by atoms with Crippen LogP contribution in [-0.4, -0.2) is 53.5 Å². The van der Waals surface area contributed by atoms with Gasteiger partial charge in [-0.25, -0.2) is 0 Å². The van der Waals surface area contributed by atoms with E-state index < -0.39 is 0 Å². The van der Waals surface area contributed by atoms with E-state index >= 15 is 0 Å². The topological polar surface area (TPSA) is 72.0 Å². The number of likely N-dealkylation sites (N-methyl/N-ethyl adjacent to an activating group) is 1. The van der Waals surface area contributed by atoms with Gasteiger partial charge in [-0.3, -0.25) is 14.6 Å². The highest BCUT2D eigenvalue weighted by Crippen LogP contribution is 2.32. The van der Waals surface area contributed by atoms with Gasteiger partial charge in [0, 0.05) is 39.5 Å². The van der Waals surface area contributed by atoms with Crippen LogP contribution in [0.15, 0.2) is 42.7 Å². The Labute approximate surface area is 158 Å². The SMILES string of the molecule is CC(=O)N(CC(=O)N(C)CCc1ccncc1)Cc1ccc2c(c1)OCO2. The third-order valence-corrected chi connectivity index (χ3v) is 4.49. The first-order valence-electron chi connectivity index (χ1n) is 8.80. The fraction of sp³-hybridized carbons (Fsp3) is 0.350. The molecule has 142 valence electrons. The molecule has 0 unspecified atom stereocenters. The molecule has 0 fully saturated rings. The first-order valence-corrected chi connectivity index (χ1v) is 8.80. The predicted octanol–water partition coefficient (Wildman–Crippen LogP) is 1.86. The molecule has 0 saturated carbocycles. The van der Waals surface area contributed by atoms with Crippen molar-refractivity contribution in [2.24, 2.45) is 0 Å². The summed E-state index contributed by atoms with van der Waals surface area (Å²) in [6.45, 7) is 2.64. The number of aromatic nitrogens is 1. The van der Waals surface area contributed by atoms with Gasteiger partial charge in [0.2, 0.25) is 18.6 Å². The van der Waals surface area contributed by atoms with Gasteiger partial charge in [0.1, 0.15) is 6.54 Å². The van der Waals surface area contributed by atoms with Crippen LogP contribution in [0.2, 0.25) is 0 Å². The molecule has 3 rings (SSSR count). The molecule has 0 radical (unpaired) electrons. The molecule has 0 N–H and O–H groups in total. The molecular weight excluding hydrogens is 346 g/mol. The van der Waals surface area contributed by atoms with Gasteiger partial charge in [-0.1, -0.05) is 6.07 Å². The van der Waals surface area contributed by atoms with Gasteiger partial charge in [0.15, 0.2) is 11.5 Å². The van der Waals surface area contributed by atoms with Gasteiger partial charge in [0.05, 0.1) is 0 Å². The lowest BCUT2D eigenvalue weighted by atomic mass is 10.2. The molecule has 7 nitrogen and oxygen atoms in total. The van der Waals surface area contributed by atoms with E-state index in [0.29, 0.717) is 24.6 Å². The summed E-state index contributed by atoms with van der Waals surface area (Å²) >= 11 is 0. The van der Waals surface area contributed by atoms with Crippen LogP contribution in [0.5, 0.6) is 11.5 Å². The van der Waals surface area contributed by atoms with Crippen LogP contribution >= 0.6 is 0 Å². The Balaban J connectivity index is 1.56. The molecule has 2 aromatic rings. The van der Waals surface area contributed by atoms with Crippen molar-refractivity contribution in [1.82, 2.24) is 14.8 Å². The molecule has 7 heteroatoms. The third-order valence-electron chi connectivity index (χ3n) is 4.49. The fourth-order valence-corrected chi connectivity index (χ4v) is 2.79. The second-order valence-electron chi connectivity index (χ2n) is 6.48. The van der Waals surface area contributed by atoms with Crippen LogP contribution in [0.3, 0.4) is 0 Å². The van der Waals surface area contributed by atoms with Gasteiger partial charge < -0.3 is 19.3 Å². The molecule has 0 saturated heterocycles. The molecule has 0 spiro atoms. The predicted molar refractivity (Wildman–Crippen MR) is 99.2 cm³/mol. The highest BCUT2D eigenvalue weighted by Gasteiger charge is 2.19. The lowest BCUT2D eigenvalue weighted by Gasteiger charge is -2.24. The van der Waals surface area contributed by atoms with E-state index in [4.69, 9.17) is 9.47 Å². The first-order chi connectivity index (χ1) is 13.0. The Kier molecular flexibility index (Phi) is 5.90. The Morgan fingerprint density at radius 2 is 1.81 bits per heavy atom. The van der Waals surface area contributed by atoms with E-state index in [-0.39, 0.29) is 25.2 Å². The smallest absolute Gasteiger partial charge is 0.241 e. The summed E-state index contributed by atoms with van der Waals surface area (Å²) in [4.78, 5) is 31.7. The van der Waals surface area contributed by atoms with Gasteiger partial charge in [-0.15, -0.1) is 0 Å². The third kappa shape index (κ3) is 4.97. The molecule has 27 heavy (non-hydrogen) atoms. The summed E-state index contributed by atoms with van der Waals surface area (Å²) in [5, 5.41) is 0. The monoisotopic (exact) mass is 369 g/mol. The quantitative estimate of drug-likeness (QED) is 0.745. The van der Waals surface area contributed by atoms with Crippen LogP contribution in [-0.2, 0) is 22.6 Å². The van der Waals surface area contributed by atoms with Crippen molar-refractivity contribution in [1.29, 1.82) is 0 Å². The van der Waals surface area contributed by atoms with Crippen molar-refractivity contribution < 1.29 is 19.1 Å². The largest absolute Gasteiger partial charge is 0.454 e. The highest BCUT2D eigenvalue weighted by atomic mass is 16.7. The van der Waals surface area contributed by atoms with E-state index in [1.54, 1.807) is 24.3 Å². The van der Waals surface area contributed by atoms with Crippen LogP contribution in [0.4, 0.5) is 0 Å². The molecule has 1 aromatic carbocycles. The highest BCUT2D eigenvalue weighted by molar-refractivity contribution is 5.83. The summed E-state index contributed by atoms with van der Waals surface area (Å²) < 4.78 is 10.7. The molecular formula is C20H23N3O4. The van der Waals surface area contributed by atoms with E-state index in [1.807, 2.05) is 30.3 Å². The Morgan fingerprint density at radius 3 is 2.56 bits per heavy atom. The van der Waals surface area contributed by atoms with Gasteiger partial charge in [-0.2, -0.15) is 0 Å². The zero-order valence-corrected chi connectivity index (χ0v) is 15.6. The number of fused-ring (bicyclic) bond motifs is 1. The number of carbonyl (C=O) groups excluding carboxylic acids is 2. The minimum Gasteiger partial charge on any atom is -0.454 e. The Hall–Kier alpha value is -3.09. The first kappa shape index (κ1) is 18.7. The number of rotatable bonds is 7. The molecule has 0 atom stereocenters. The van der Waals surface area contributed by atoms with Crippen LogP contribution < -0.4 is 9.47 Å². The molecule has 1 aliphatic heterocycles. The van der Waals surface area contributed by atoms with Crippen molar-refractivity contribution in [2.45, 2.75) is 19.9 Å². The number of carbonyl (C=O) groups is 2. The molecule has 0 aliphatic carbocycles. The molecule has 2 amide bonds. The van der Waals surface area contributed by atoms with Crippen molar-refractivity contribution in [3.63, 3.8) is 0 Å². The maximum absolute atomic E-state index is 12.5. The molecule has 2 heterocycles. The van der Waals surface area contributed by atoms with E-state index in [0.717, 1.165) is 17.5 Å². The van der Waals surface area contributed by atoms with Crippen molar-refractivity contribution in [3.05, 3.63) is 53.9 Å². The average molecular weight is 369 g/mol. The van der Waals surface area contributed by atoms with Gasteiger partial charge >= 0.3 is 0 Å². The second-order valence-corrected chi connectivity index (χ2v) is 6.48. The number of amides is 2. The van der Waals surface area contributed by atoms with E-state index in [2.05, 4.69) is 4.98 Å². The number of pyridine rings is 1. The Morgan fingerprint density at radius 1 is 1.07 bits per heavy atom. The number of benzene rings is 1. The Bertz CT molecular complexity index is 810.